The number of carbonyl (C=O) groups excluding carboxylic acids is 3. The number of urea groups is 1. The number of carbonyl (C=O) groups is 3. The second-order valence-electron chi connectivity index (χ2n) is 7.61. The maximum absolute atomic E-state index is 12.6. The van der Waals surface area contributed by atoms with E-state index in [-0.39, 0.29) is 35.5 Å². The van der Waals surface area contributed by atoms with Gasteiger partial charge in [0.05, 0.1) is 0 Å². The molecule has 2 aliphatic rings. The number of ether oxygens (including phenoxy) is 1. The highest BCUT2D eigenvalue weighted by Gasteiger charge is 2.43. The molecule has 0 radical (unpaired) electrons. The van der Waals surface area contributed by atoms with Crippen molar-refractivity contribution in [1.29, 1.82) is 0 Å². The first-order valence-electron chi connectivity index (χ1n) is 9.41. The van der Waals surface area contributed by atoms with E-state index in [9.17, 15) is 14.4 Å². The van der Waals surface area contributed by atoms with Crippen molar-refractivity contribution in [2.75, 3.05) is 0 Å². The fourth-order valence-corrected chi connectivity index (χ4v) is 3.78. The Morgan fingerprint density at radius 2 is 2.04 bits per heavy atom. The fourth-order valence-electron chi connectivity index (χ4n) is 3.78. The molecule has 8 nitrogen and oxygen atoms in total. The quantitative estimate of drug-likeness (QED) is 0.737. The summed E-state index contributed by atoms with van der Waals surface area (Å²) in [7, 11) is 0. The Morgan fingerprint density at radius 1 is 1.33 bits per heavy atom. The van der Waals surface area contributed by atoms with Gasteiger partial charge in [0.15, 0.2) is 0 Å². The van der Waals surface area contributed by atoms with Crippen LogP contribution in [-0.4, -0.2) is 45.9 Å². The van der Waals surface area contributed by atoms with Gasteiger partial charge >= 0.3 is 6.03 Å². The van der Waals surface area contributed by atoms with Crippen molar-refractivity contribution in [2.24, 2.45) is 11.7 Å². The molecule has 0 aromatic carbocycles. The molecule has 2 heterocycles. The molecule has 1 saturated carbocycles. The molecule has 3 N–H and O–H groups in total. The monoisotopic (exact) mass is 374 g/mol. The first-order valence-corrected chi connectivity index (χ1v) is 9.41. The minimum absolute atomic E-state index is 0.117. The van der Waals surface area contributed by atoms with Crippen molar-refractivity contribution < 1.29 is 19.1 Å². The summed E-state index contributed by atoms with van der Waals surface area (Å²) < 4.78 is 5.87. The highest BCUT2D eigenvalue weighted by Crippen LogP contribution is 2.29. The van der Waals surface area contributed by atoms with Crippen LogP contribution in [0, 0.1) is 5.92 Å². The second-order valence-corrected chi connectivity index (χ2v) is 7.61. The van der Waals surface area contributed by atoms with Crippen LogP contribution in [0.15, 0.2) is 18.3 Å². The van der Waals surface area contributed by atoms with Gasteiger partial charge in [0, 0.05) is 12.2 Å². The maximum Gasteiger partial charge on any atom is 0.325 e. The molecule has 1 saturated heterocycles. The summed E-state index contributed by atoms with van der Waals surface area (Å²) in [6.07, 6.45) is 4.75. The van der Waals surface area contributed by atoms with E-state index >= 15 is 0 Å². The maximum atomic E-state index is 12.6. The van der Waals surface area contributed by atoms with Crippen LogP contribution in [0.1, 0.15) is 56.3 Å². The van der Waals surface area contributed by atoms with Crippen LogP contribution in [0.25, 0.3) is 0 Å². The second kappa shape index (κ2) is 7.94. The van der Waals surface area contributed by atoms with Crippen LogP contribution in [0.5, 0.6) is 5.88 Å². The Bertz CT molecular complexity index is 728. The zero-order valence-electron chi connectivity index (χ0n) is 15.7. The van der Waals surface area contributed by atoms with E-state index in [4.69, 9.17) is 10.5 Å². The van der Waals surface area contributed by atoms with Gasteiger partial charge in [0.1, 0.15) is 17.7 Å². The molecule has 1 aliphatic carbocycles. The molecule has 27 heavy (non-hydrogen) atoms. The van der Waals surface area contributed by atoms with Crippen LogP contribution >= 0.6 is 0 Å². The van der Waals surface area contributed by atoms with Crippen LogP contribution in [-0.2, 0) is 4.79 Å². The van der Waals surface area contributed by atoms with Gasteiger partial charge in [-0.3, -0.25) is 14.5 Å². The first kappa shape index (κ1) is 19.1. The molecule has 1 aliphatic heterocycles. The Hall–Kier alpha value is -2.64. The van der Waals surface area contributed by atoms with E-state index in [2.05, 4.69) is 10.3 Å². The number of aromatic nitrogens is 1. The van der Waals surface area contributed by atoms with Gasteiger partial charge in [0.25, 0.3) is 11.8 Å². The zero-order chi connectivity index (χ0) is 19.6. The first-order chi connectivity index (χ1) is 12.9. The van der Waals surface area contributed by atoms with E-state index < -0.39 is 11.9 Å². The number of hydrogen-bond acceptors (Lipinski definition) is 5. The van der Waals surface area contributed by atoms with Crippen molar-refractivity contribution in [3.05, 3.63) is 23.9 Å². The highest BCUT2D eigenvalue weighted by atomic mass is 16.5. The lowest BCUT2D eigenvalue weighted by molar-refractivity contribution is -0.130. The molecule has 1 aromatic rings. The Morgan fingerprint density at radius 3 is 2.67 bits per heavy atom. The number of nitrogens with two attached hydrogens (primary N) is 1. The Kier molecular flexibility index (Phi) is 5.62. The predicted molar refractivity (Wildman–Crippen MR) is 98.0 cm³/mol. The van der Waals surface area contributed by atoms with E-state index in [1.807, 2.05) is 13.8 Å². The molecule has 1 atom stereocenters. The largest absolute Gasteiger partial charge is 0.474 e. The molecule has 0 bridgehead atoms. The SMILES string of the molecule is CC(C)C[C@@H]1NC(=O)N(C2CCC(Oc3ncccc3C(N)=O)CC2)C1=O. The lowest BCUT2D eigenvalue weighted by atomic mass is 9.91. The molecule has 0 spiro atoms. The summed E-state index contributed by atoms with van der Waals surface area (Å²) in [5.74, 6) is -0.136. The number of pyridine rings is 1. The zero-order valence-corrected chi connectivity index (χ0v) is 15.7. The molecule has 4 amide bonds. The molecular weight excluding hydrogens is 348 g/mol. The van der Waals surface area contributed by atoms with Crippen LogP contribution < -0.4 is 15.8 Å². The van der Waals surface area contributed by atoms with Gasteiger partial charge in [-0.1, -0.05) is 13.8 Å². The van der Waals surface area contributed by atoms with Gasteiger partial charge in [0.2, 0.25) is 5.88 Å². The van der Waals surface area contributed by atoms with Crippen molar-refractivity contribution in [3.8, 4) is 5.88 Å². The van der Waals surface area contributed by atoms with Crippen LogP contribution in [0.3, 0.4) is 0 Å². The van der Waals surface area contributed by atoms with Gasteiger partial charge in [-0.15, -0.1) is 0 Å². The number of hydrogen-bond donors (Lipinski definition) is 2. The average molecular weight is 374 g/mol. The van der Waals surface area contributed by atoms with Crippen molar-refractivity contribution in [3.63, 3.8) is 0 Å². The van der Waals surface area contributed by atoms with Crippen molar-refractivity contribution in [1.82, 2.24) is 15.2 Å². The number of primary amides is 1. The lowest BCUT2D eigenvalue weighted by Crippen LogP contribution is -2.44. The molecular formula is C19H26N4O4. The minimum Gasteiger partial charge on any atom is -0.474 e. The lowest BCUT2D eigenvalue weighted by Gasteiger charge is -2.33. The number of amides is 4. The average Bonchev–Trinajstić information content (AvgIpc) is 2.89. The summed E-state index contributed by atoms with van der Waals surface area (Å²) >= 11 is 0. The van der Waals surface area contributed by atoms with Crippen LogP contribution in [0.2, 0.25) is 0 Å². The molecule has 1 aromatic heterocycles. The third-order valence-electron chi connectivity index (χ3n) is 5.08. The smallest absolute Gasteiger partial charge is 0.325 e. The highest BCUT2D eigenvalue weighted by molar-refractivity contribution is 6.04. The molecule has 0 unspecified atom stereocenters. The van der Waals surface area contributed by atoms with E-state index in [1.54, 1.807) is 18.3 Å². The summed E-state index contributed by atoms with van der Waals surface area (Å²) in [6, 6.07) is 2.38. The van der Waals surface area contributed by atoms with Crippen molar-refractivity contribution in [2.45, 2.75) is 64.1 Å². The van der Waals surface area contributed by atoms with Gasteiger partial charge in [-0.05, 0) is 50.2 Å². The molecule has 3 rings (SSSR count). The Balaban J connectivity index is 1.59. The standard InChI is InChI=1S/C19H26N4O4/c1-11(2)10-15-18(25)23(19(26)22-15)12-5-7-13(8-6-12)27-17-14(16(20)24)4-3-9-21-17/h3-4,9,11-13,15H,5-8,10H2,1-2H3,(H2,20,24)(H,22,26)/t12?,13?,15-/m0/s1. The summed E-state index contributed by atoms with van der Waals surface area (Å²) in [5, 5.41) is 2.80. The van der Waals surface area contributed by atoms with Gasteiger partial charge in [-0.25, -0.2) is 9.78 Å². The number of nitrogens with zero attached hydrogens (tertiary/aromatic N) is 2. The van der Waals surface area contributed by atoms with E-state index in [0.717, 1.165) is 0 Å². The third-order valence-corrected chi connectivity index (χ3v) is 5.08. The minimum atomic E-state index is -0.581. The Labute approximate surface area is 158 Å². The van der Waals surface area contributed by atoms with Gasteiger partial charge in [-0.2, -0.15) is 0 Å². The topological polar surface area (TPSA) is 115 Å². The number of imide groups is 1. The summed E-state index contributed by atoms with van der Waals surface area (Å²) in [4.78, 5) is 41.8. The summed E-state index contributed by atoms with van der Waals surface area (Å²) in [5.41, 5.74) is 5.61. The van der Waals surface area contributed by atoms with E-state index in [1.165, 1.54) is 4.90 Å². The summed E-state index contributed by atoms with van der Waals surface area (Å²) in [6.45, 7) is 4.06. The molecule has 8 heteroatoms. The predicted octanol–water partition coefficient (Wildman–Crippen LogP) is 1.84. The van der Waals surface area contributed by atoms with Crippen molar-refractivity contribution >= 4 is 17.8 Å². The number of rotatable bonds is 6. The van der Waals surface area contributed by atoms with Gasteiger partial charge < -0.3 is 15.8 Å². The van der Waals surface area contributed by atoms with Crippen LogP contribution in [0.4, 0.5) is 4.79 Å². The third kappa shape index (κ3) is 4.20. The van der Waals surface area contributed by atoms with E-state index in [0.29, 0.717) is 38.0 Å². The molecule has 146 valence electrons. The molecule has 2 fully saturated rings. The fraction of sp³-hybridized carbons (Fsp3) is 0.579. The normalized spacial score (nSPS) is 25.6. The number of nitrogens with one attached hydrogen (secondary N) is 1.